The fraction of sp³-hybridized carbons (Fsp3) is 0.500. The number of Topliss-reactive ketones (excluding diaryl/α,β-unsaturated/α-hetero) is 1. The minimum Gasteiger partial charge on any atom is -0.450 e. The average molecular weight is 425 g/mol. The van der Waals surface area contributed by atoms with E-state index in [1.807, 2.05) is 0 Å². The van der Waals surface area contributed by atoms with Crippen LogP contribution in [0.1, 0.15) is 39.3 Å². The maximum absolute atomic E-state index is 14.4. The van der Waals surface area contributed by atoms with E-state index in [4.69, 9.17) is 0 Å². The zero-order chi connectivity index (χ0) is 22.3. The standard InChI is InChI=1S/C20H22F3N3O4/c1-4-30-17(29)25-19(20(21,22)23)15-13(9-18(2,3)10-14(15)27)26(16(19)28)11-12-7-5-6-8-24-12/h5-8H,4,9-11H2,1-3H3,(H,25,29)/t19-/m1/s1. The number of alkyl carbamates (subject to hydrolysis) is 1. The van der Waals surface area contributed by atoms with Gasteiger partial charge in [-0.2, -0.15) is 13.2 Å². The van der Waals surface area contributed by atoms with Gasteiger partial charge in [0.2, 0.25) is 5.54 Å². The molecule has 0 unspecified atom stereocenters. The molecule has 30 heavy (non-hydrogen) atoms. The molecule has 1 aromatic heterocycles. The second kappa shape index (κ2) is 7.41. The third-order valence-corrected chi connectivity index (χ3v) is 5.16. The van der Waals surface area contributed by atoms with E-state index in [9.17, 15) is 27.6 Å². The summed E-state index contributed by atoms with van der Waals surface area (Å²) >= 11 is 0. The number of nitrogens with zero attached hydrogens (tertiary/aromatic N) is 2. The summed E-state index contributed by atoms with van der Waals surface area (Å²) < 4.78 is 47.8. The first-order valence-electron chi connectivity index (χ1n) is 9.43. The average Bonchev–Trinajstić information content (AvgIpc) is 2.85. The first-order chi connectivity index (χ1) is 13.9. The van der Waals surface area contributed by atoms with Crippen LogP contribution in [-0.4, -0.2) is 46.0 Å². The van der Waals surface area contributed by atoms with Gasteiger partial charge in [0.15, 0.2) is 5.78 Å². The molecule has 0 saturated heterocycles. The van der Waals surface area contributed by atoms with Gasteiger partial charge in [0.1, 0.15) is 0 Å². The molecule has 162 valence electrons. The minimum atomic E-state index is -5.26. The van der Waals surface area contributed by atoms with Crippen molar-refractivity contribution < 1.29 is 32.3 Å². The van der Waals surface area contributed by atoms with Crippen molar-refractivity contribution in [3.8, 4) is 0 Å². The fourth-order valence-electron chi connectivity index (χ4n) is 3.97. The van der Waals surface area contributed by atoms with Gasteiger partial charge in [-0.1, -0.05) is 19.9 Å². The number of halogens is 3. The lowest BCUT2D eigenvalue weighted by Gasteiger charge is -2.35. The van der Waals surface area contributed by atoms with Gasteiger partial charge in [0.25, 0.3) is 5.91 Å². The molecule has 1 aromatic rings. The van der Waals surface area contributed by atoms with Gasteiger partial charge in [0.05, 0.1) is 24.4 Å². The van der Waals surface area contributed by atoms with Gasteiger partial charge < -0.3 is 9.64 Å². The Kier molecular flexibility index (Phi) is 5.38. The van der Waals surface area contributed by atoms with E-state index in [0.717, 1.165) is 4.90 Å². The molecular formula is C20H22F3N3O4. The fourth-order valence-corrected chi connectivity index (χ4v) is 3.97. The number of pyridine rings is 1. The van der Waals surface area contributed by atoms with Crippen LogP contribution >= 0.6 is 0 Å². The molecule has 0 fully saturated rings. The molecule has 1 atom stereocenters. The summed E-state index contributed by atoms with van der Waals surface area (Å²) in [6.45, 7) is 4.44. The molecule has 0 radical (unpaired) electrons. The van der Waals surface area contributed by atoms with Crippen LogP contribution in [0.2, 0.25) is 0 Å². The SMILES string of the molecule is CCOC(=O)N[C@@]1(C(F)(F)F)C(=O)N(Cc2ccccn2)C2=C1C(=O)CC(C)(C)C2. The molecule has 10 heteroatoms. The van der Waals surface area contributed by atoms with E-state index in [1.54, 1.807) is 37.4 Å². The van der Waals surface area contributed by atoms with Crippen molar-refractivity contribution in [1.82, 2.24) is 15.2 Å². The molecule has 3 rings (SSSR count). The summed E-state index contributed by atoms with van der Waals surface area (Å²) in [6, 6.07) is 4.84. The van der Waals surface area contributed by atoms with Crippen molar-refractivity contribution in [2.75, 3.05) is 6.61 Å². The molecule has 0 spiro atoms. The summed E-state index contributed by atoms with van der Waals surface area (Å²) in [7, 11) is 0. The second-order valence-electron chi connectivity index (χ2n) is 8.07. The quantitative estimate of drug-likeness (QED) is 0.801. The maximum atomic E-state index is 14.4. The lowest BCUT2D eigenvalue weighted by molar-refractivity contribution is -0.191. The summed E-state index contributed by atoms with van der Waals surface area (Å²) in [5.41, 5.74) is -4.56. The predicted octanol–water partition coefficient (Wildman–Crippen LogP) is 3.11. The summed E-state index contributed by atoms with van der Waals surface area (Å²) in [6.07, 6.45) is -5.34. The van der Waals surface area contributed by atoms with Crippen molar-refractivity contribution >= 4 is 17.8 Å². The lowest BCUT2D eigenvalue weighted by Crippen LogP contribution is -2.66. The van der Waals surface area contributed by atoms with Gasteiger partial charge in [0, 0.05) is 18.3 Å². The van der Waals surface area contributed by atoms with E-state index in [2.05, 4.69) is 9.72 Å². The van der Waals surface area contributed by atoms with Gasteiger partial charge in [-0.25, -0.2) is 4.79 Å². The molecule has 2 amide bonds. The van der Waals surface area contributed by atoms with Crippen LogP contribution in [0.5, 0.6) is 0 Å². The lowest BCUT2D eigenvalue weighted by atomic mass is 9.72. The maximum Gasteiger partial charge on any atom is 0.425 e. The van der Waals surface area contributed by atoms with Crippen LogP contribution in [0.4, 0.5) is 18.0 Å². The van der Waals surface area contributed by atoms with Crippen molar-refractivity contribution in [2.45, 2.75) is 51.9 Å². The Bertz CT molecular complexity index is 912. The van der Waals surface area contributed by atoms with E-state index >= 15 is 0 Å². The monoisotopic (exact) mass is 425 g/mol. The summed E-state index contributed by atoms with van der Waals surface area (Å²) in [5.74, 6) is -2.27. The highest BCUT2D eigenvalue weighted by Gasteiger charge is 2.71. The van der Waals surface area contributed by atoms with E-state index in [1.165, 1.54) is 13.1 Å². The van der Waals surface area contributed by atoms with Gasteiger partial charge in [-0.15, -0.1) is 0 Å². The number of amides is 2. The van der Waals surface area contributed by atoms with E-state index < -0.39 is 40.5 Å². The first-order valence-corrected chi connectivity index (χ1v) is 9.43. The Morgan fingerprint density at radius 1 is 1.27 bits per heavy atom. The molecule has 1 aliphatic heterocycles. The van der Waals surface area contributed by atoms with Crippen molar-refractivity contribution in [3.05, 3.63) is 41.4 Å². The van der Waals surface area contributed by atoms with E-state index in [-0.39, 0.29) is 31.7 Å². The van der Waals surface area contributed by atoms with Crippen LogP contribution in [0.15, 0.2) is 35.7 Å². The molecule has 7 nitrogen and oxygen atoms in total. The number of rotatable bonds is 4. The molecule has 0 aromatic carbocycles. The molecular weight excluding hydrogens is 403 g/mol. The number of ether oxygens (including phenoxy) is 1. The number of hydrogen-bond donors (Lipinski definition) is 1. The topological polar surface area (TPSA) is 88.6 Å². The Labute approximate surface area is 171 Å². The molecule has 0 bridgehead atoms. The highest BCUT2D eigenvalue weighted by molar-refractivity contribution is 6.13. The number of aromatic nitrogens is 1. The zero-order valence-corrected chi connectivity index (χ0v) is 16.8. The smallest absolute Gasteiger partial charge is 0.425 e. The molecule has 1 N–H and O–H groups in total. The third-order valence-electron chi connectivity index (χ3n) is 5.16. The van der Waals surface area contributed by atoms with Gasteiger partial charge >= 0.3 is 12.3 Å². The van der Waals surface area contributed by atoms with Crippen LogP contribution in [-0.2, 0) is 20.9 Å². The number of carbonyl (C=O) groups excluding carboxylic acids is 3. The van der Waals surface area contributed by atoms with E-state index in [0.29, 0.717) is 5.69 Å². The Morgan fingerprint density at radius 2 is 1.97 bits per heavy atom. The van der Waals surface area contributed by atoms with Crippen LogP contribution < -0.4 is 5.32 Å². The Morgan fingerprint density at radius 3 is 2.53 bits per heavy atom. The van der Waals surface area contributed by atoms with Crippen LogP contribution in [0, 0.1) is 5.41 Å². The number of alkyl halides is 3. The zero-order valence-electron chi connectivity index (χ0n) is 16.8. The Hall–Kier alpha value is -2.91. The van der Waals surface area contributed by atoms with Crippen LogP contribution in [0.25, 0.3) is 0 Å². The van der Waals surface area contributed by atoms with Crippen molar-refractivity contribution in [1.29, 1.82) is 0 Å². The predicted molar refractivity (Wildman–Crippen MR) is 98.8 cm³/mol. The normalized spacial score (nSPS) is 23.5. The second-order valence-corrected chi connectivity index (χ2v) is 8.07. The third kappa shape index (κ3) is 3.54. The highest BCUT2D eigenvalue weighted by Crippen LogP contribution is 2.52. The first kappa shape index (κ1) is 21.8. The highest BCUT2D eigenvalue weighted by atomic mass is 19.4. The number of carbonyl (C=O) groups is 3. The number of allylic oxidation sites excluding steroid dienone is 1. The number of ketones is 1. The number of nitrogens with one attached hydrogen (secondary N) is 1. The molecule has 2 aliphatic rings. The summed E-state index contributed by atoms with van der Waals surface area (Å²) in [4.78, 5) is 43.2. The van der Waals surface area contributed by atoms with Crippen molar-refractivity contribution in [3.63, 3.8) is 0 Å². The molecule has 2 heterocycles. The van der Waals surface area contributed by atoms with Gasteiger partial charge in [-0.3, -0.25) is 19.9 Å². The van der Waals surface area contributed by atoms with Gasteiger partial charge in [-0.05, 0) is 30.9 Å². The minimum absolute atomic E-state index is 0.0407. The number of hydrogen-bond acceptors (Lipinski definition) is 5. The summed E-state index contributed by atoms with van der Waals surface area (Å²) in [5, 5.41) is 1.68. The van der Waals surface area contributed by atoms with Crippen LogP contribution in [0.3, 0.4) is 0 Å². The Balaban J connectivity index is 2.19. The largest absolute Gasteiger partial charge is 0.450 e. The molecule has 1 aliphatic carbocycles. The molecule has 0 saturated carbocycles. The van der Waals surface area contributed by atoms with Crippen molar-refractivity contribution in [2.24, 2.45) is 5.41 Å².